The second-order valence-corrected chi connectivity index (χ2v) is 5.15. The van der Waals surface area contributed by atoms with Gasteiger partial charge in [0.1, 0.15) is 0 Å². The van der Waals surface area contributed by atoms with E-state index in [2.05, 4.69) is 9.97 Å². The molecule has 0 saturated carbocycles. The molecule has 0 aliphatic heterocycles. The lowest BCUT2D eigenvalue weighted by Gasteiger charge is -2.11. The Morgan fingerprint density at radius 1 is 1.39 bits per heavy atom. The Morgan fingerprint density at radius 3 is 2.78 bits per heavy atom. The fraction of sp³-hybridized carbons (Fsp3) is 0.231. The first-order valence-corrected chi connectivity index (χ1v) is 6.48. The number of benzene rings is 1. The lowest BCUT2D eigenvalue weighted by molar-refractivity contribution is 0.796. The maximum absolute atomic E-state index is 11.4. The Bertz CT molecular complexity index is 607. The SMILES string of the molecule is Cc1cc(=O)[nH]c(Sc2ccccc2[C@@H](C)N)n1. The number of nitrogens with one attached hydrogen (secondary N) is 1. The van der Waals surface area contributed by atoms with E-state index >= 15 is 0 Å². The van der Waals surface area contributed by atoms with E-state index in [0.717, 1.165) is 10.5 Å². The number of nitrogens with zero attached hydrogens (tertiary/aromatic N) is 1. The molecule has 0 radical (unpaired) electrons. The molecule has 3 N–H and O–H groups in total. The fourth-order valence-corrected chi connectivity index (χ4v) is 2.72. The molecule has 1 aromatic heterocycles. The smallest absolute Gasteiger partial charge is 0.251 e. The Labute approximate surface area is 110 Å². The summed E-state index contributed by atoms with van der Waals surface area (Å²) < 4.78 is 0. The molecule has 1 atom stereocenters. The van der Waals surface area contributed by atoms with E-state index in [-0.39, 0.29) is 11.6 Å². The van der Waals surface area contributed by atoms with Gasteiger partial charge >= 0.3 is 0 Å². The third-order valence-corrected chi connectivity index (χ3v) is 3.44. The molecule has 94 valence electrons. The van der Waals surface area contributed by atoms with E-state index in [1.165, 1.54) is 17.8 Å². The van der Waals surface area contributed by atoms with Crippen LogP contribution >= 0.6 is 11.8 Å². The molecule has 1 heterocycles. The first-order chi connectivity index (χ1) is 8.56. The van der Waals surface area contributed by atoms with Gasteiger partial charge in [0, 0.05) is 22.7 Å². The predicted octanol–water partition coefficient (Wildman–Crippen LogP) is 2.25. The van der Waals surface area contributed by atoms with Crippen LogP contribution in [0.15, 0.2) is 45.2 Å². The van der Waals surface area contributed by atoms with Crippen LogP contribution in [0.3, 0.4) is 0 Å². The number of aromatic amines is 1. The standard InChI is InChI=1S/C13H15N3OS/c1-8-7-12(17)16-13(15-8)18-11-6-4-3-5-10(11)9(2)14/h3-7,9H,14H2,1-2H3,(H,15,16,17)/t9-/m1/s1. The summed E-state index contributed by atoms with van der Waals surface area (Å²) in [5.41, 5.74) is 7.54. The van der Waals surface area contributed by atoms with Crippen LogP contribution in [0.25, 0.3) is 0 Å². The zero-order chi connectivity index (χ0) is 13.1. The van der Waals surface area contributed by atoms with Crippen molar-refractivity contribution in [3.63, 3.8) is 0 Å². The van der Waals surface area contributed by atoms with E-state index in [9.17, 15) is 4.79 Å². The van der Waals surface area contributed by atoms with Crippen molar-refractivity contribution in [1.29, 1.82) is 0 Å². The van der Waals surface area contributed by atoms with Crippen LogP contribution in [0.1, 0.15) is 24.2 Å². The van der Waals surface area contributed by atoms with Gasteiger partial charge in [-0.05, 0) is 25.5 Å². The van der Waals surface area contributed by atoms with Crippen molar-refractivity contribution in [2.75, 3.05) is 0 Å². The summed E-state index contributed by atoms with van der Waals surface area (Å²) in [5.74, 6) is 0. The average molecular weight is 261 g/mol. The number of rotatable bonds is 3. The molecule has 0 amide bonds. The summed E-state index contributed by atoms with van der Waals surface area (Å²) in [6.45, 7) is 3.74. The maximum Gasteiger partial charge on any atom is 0.251 e. The molecule has 2 rings (SSSR count). The highest BCUT2D eigenvalue weighted by atomic mass is 32.2. The normalized spacial score (nSPS) is 12.4. The lowest BCUT2D eigenvalue weighted by atomic mass is 10.1. The molecule has 0 unspecified atom stereocenters. The van der Waals surface area contributed by atoms with E-state index < -0.39 is 0 Å². The van der Waals surface area contributed by atoms with Crippen molar-refractivity contribution in [2.24, 2.45) is 5.73 Å². The fourth-order valence-electron chi connectivity index (χ4n) is 1.65. The summed E-state index contributed by atoms with van der Waals surface area (Å²) in [7, 11) is 0. The maximum atomic E-state index is 11.4. The molecule has 0 bridgehead atoms. The van der Waals surface area contributed by atoms with Gasteiger partial charge in [0.2, 0.25) is 0 Å². The Kier molecular flexibility index (Phi) is 3.84. The van der Waals surface area contributed by atoms with Crippen LogP contribution in [0.2, 0.25) is 0 Å². The van der Waals surface area contributed by atoms with E-state index in [4.69, 9.17) is 5.73 Å². The molecule has 0 fully saturated rings. The van der Waals surface area contributed by atoms with Crippen LogP contribution in [-0.4, -0.2) is 9.97 Å². The Morgan fingerprint density at radius 2 is 2.11 bits per heavy atom. The van der Waals surface area contributed by atoms with Gasteiger partial charge in [-0.3, -0.25) is 4.79 Å². The average Bonchev–Trinajstić information content (AvgIpc) is 2.27. The minimum atomic E-state index is -0.136. The zero-order valence-corrected chi connectivity index (χ0v) is 11.1. The topological polar surface area (TPSA) is 71.8 Å². The molecule has 0 spiro atoms. The Hall–Kier alpha value is -1.59. The molecule has 0 aliphatic rings. The van der Waals surface area contributed by atoms with Gasteiger partial charge in [-0.2, -0.15) is 0 Å². The first-order valence-electron chi connectivity index (χ1n) is 5.66. The molecular formula is C13H15N3OS. The van der Waals surface area contributed by atoms with Crippen molar-refractivity contribution in [3.8, 4) is 0 Å². The molecule has 0 aliphatic carbocycles. The van der Waals surface area contributed by atoms with Gasteiger partial charge in [0.15, 0.2) is 5.16 Å². The number of nitrogens with two attached hydrogens (primary N) is 1. The molecule has 1 aromatic carbocycles. The zero-order valence-electron chi connectivity index (χ0n) is 10.3. The molecule has 0 saturated heterocycles. The predicted molar refractivity (Wildman–Crippen MR) is 72.8 cm³/mol. The number of hydrogen-bond acceptors (Lipinski definition) is 4. The summed E-state index contributed by atoms with van der Waals surface area (Å²) in [5, 5.41) is 0.591. The minimum absolute atomic E-state index is 0.0507. The second-order valence-electron chi connectivity index (χ2n) is 4.12. The first kappa shape index (κ1) is 12.9. The van der Waals surface area contributed by atoms with E-state index in [1.807, 2.05) is 31.2 Å². The highest BCUT2D eigenvalue weighted by Crippen LogP contribution is 2.30. The van der Waals surface area contributed by atoms with Crippen molar-refractivity contribution < 1.29 is 0 Å². The van der Waals surface area contributed by atoms with Gasteiger partial charge in [-0.15, -0.1) is 0 Å². The quantitative estimate of drug-likeness (QED) is 0.831. The van der Waals surface area contributed by atoms with Crippen molar-refractivity contribution in [2.45, 2.75) is 29.9 Å². The lowest BCUT2D eigenvalue weighted by Crippen LogP contribution is -2.09. The van der Waals surface area contributed by atoms with E-state index in [0.29, 0.717) is 10.9 Å². The van der Waals surface area contributed by atoms with Crippen LogP contribution in [0.4, 0.5) is 0 Å². The summed E-state index contributed by atoms with van der Waals surface area (Å²) in [4.78, 5) is 19.4. The molecule has 18 heavy (non-hydrogen) atoms. The number of H-pyrrole nitrogens is 1. The van der Waals surface area contributed by atoms with Crippen LogP contribution in [0.5, 0.6) is 0 Å². The van der Waals surface area contributed by atoms with Crippen LogP contribution < -0.4 is 11.3 Å². The molecule has 4 nitrogen and oxygen atoms in total. The van der Waals surface area contributed by atoms with Crippen molar-refractivity contribution in [1.82, 2.24) is 9.97 Å². The molecule has 2 aromatic rings. The van der Waals surface area contributed by atoms with Crippen LogP contribution in [-0.2, 0) is 0 Å². The minimum Gasteiger partial charge on any atom is -0.324 e. The van der Waals surface area contributed by atoms with Crippen molar-refractivity contribution in [3.05, 3.63) is 51.9 Å². The van der Waals surface area contributed by atoms with Gasteiger partial charge in [-0.1, -0.05) is 30.0 Å². The number of aryl methyl sites for hydroxylation is 1. The highest BCUT2D eigenvalue weighted by Gasteiger charge is 2.09. The highest BCUT2D eigenvalue weighted by molar-refractivity contribution is 7.99. The number of hydrogen-bond donors (Lipinski definition) is 2. The molecule has 5 heteroatoms. The van der Waals surface area contributed by atoms with Crippen molar-refractivity contribution >= 4 is 11.8 Å². The van der Waals surface area contributed by atoms with Gasteiger partial charge in [0.05, 0.1) is 0 Å². The molecular weight excluding hydrogens is 246 g/mol. The Balaban J connectivity index is 2.37. The largest absolute Gasteiger partial charge is 0.324 e. The third-order valence-electron chi connectivity index (χ3n) is 2.46. The third kappa shape index (κ3) is 3.00. The summed E-state index contributed by atoms with van der Waals surface area (Å²) in [6, 6.07) is 9.29. The van der Waals surface area contributed by atoms with E-state index in [1.54, 1.807) is 6.92 Å². The monoisotopic (exact) mass is 261 g/mol. The van der Waals surface area contributed by atoms with Gasteiger partial charge < -0.3 is 10.7 Å². The summed E-state index contributed by atoms with van der Waals surface area (Å²) >= 11 is 1.42. The van der Waals surface area contributed by atoms with Gasteiger partial charge in [-0.25, -0.2) is 4.98 Å². The second kappa shape index (κ2) is 5.37. The summed E-state index contributed by atoms with van der Waals surface area (Å²) in [6.07, 6.45) is 0. The van der Waals surface area contributed by atoms with Crippen LogP contribution in [0, 0.1) is 6.92 Å². The number of aromatic nitrogens is 2. The van der Waals surface area contributed by atoms with Gasteiger partial charge in [0.25, 0.3) is 5.56 Å².